The number of hydrogen-bond donors (Lipinski definition) is 1. The van der Waals surface area contributed by atoms with Crippen LogP contribution in [0.1, 0.15) is 24.5 Å². The highest BCUT2D eigenvalue weighted by molar-refractivity contribution is 6.02. The lowest BCUT2D eigenvalue weighted by Crippen LogP contribution is -2.23. The Morgan fingerprint density at radius 2 is 2.00 bits per heavy atom. The molecule has 2 heterocycles. The van der Waals surface area contributed by atoms with Crippen LogP contribution in [-0.4, -0.2) is 29.1 Å². The second-order valence-corrected chi connectivity index (χ2v) is 8.94. The number of ether oxygens (including phenoxy) is 1. The van der Waals surface area contributed by atoms with Gasteiger partial charge in [-0.05, 0) is 54.3 Å². The molecule has 182 valence electrons. The van der Waals surface area contributed by atoms with Gasteiger partial charge in [-0.3, -0.25) is 4.79 Å². The first-order chi connectivity index (χ1) is 17.5. The fourth-order valence-corrected chi connectivity index (χ4v) is 4.67. The van der Waals surface area contributed by atoms with Gasteiger partial charge in [-0.25, -0.2) is 4.98 Å². The highest BCUT2D eigenvalue weighted by atomic mass is 16.5. The monoisotopic (exact) mass is 479 g/mol. The maximum atomic E-state index is 12.6. The molecule has 6 heteroatoms. The van der Waals surface area contributed by atoms with Crippen LogP contribution in [0.5, 0.6) is 5.75 Å². The minimum absolute atomic E-state index is 0.125. The Labute approximate surface area is 210 Å². The molecule has 2 aromatic heterocycles. The van der Waals surface area contributed by atoms with Crippen LogP contribution in [0.15, 0.2) is 84.0 Å². The normalized spacial score (nSPS) is 11.8. The number of hydrogen-bond acceptors (Lipinski definition) is 4. The largest absolute Gasteiger partial charge is 0.496 e. The number of imidazole rings is 1. The van der Waals surface area contributed by atoms with Crippen LogP contribution in [0.3, 0.4) is 0 Å². The molecule has 0 aliphatic rings. The molecule has 3 aromatic carbocycles. The number of nitrogens with zero attached hydrogens (tertiary/aromatic N) is 2. The van der Waals surface area contributed by atoms with E-state index in [1.807, 2.05) is 36.7 Å². The van der Waals surface area contributed by atoms with E-state index in [0.717, 1.165) is 51.8 Å². The van der Waals surface area contributed by atoms with Crippen LogP contribution in [0, 0.1) is 6.92 Å². The predicted octanol–water partition coefficient (Wildman–Crippen LogP) is 6.38. The minimum Gasteiger partial charge on any atom is -0.496 e. The van der Waals surface area contributed by atoms with E-state index >= 15 is 0 Å². The Balaban J connectivity index is 1.44. The van der Waals surface area contributed by atoms with E-state index in [2.05, 4.69) is 46.7 Å². The summed E-state index contributed by atoms with van der Waals surface area (Å²) in [6.07, 6.45) is 9.71. The molecule has 0 atom stereocenters. The van der Waals surface area contributed by atoms with Gasteiger partial charge in [0, 0.05) is 53.6 Å². The lowest BCUT2D eigenvalue weighted by atomic mass is 9.95. The third-order valence-electron chi connectivity index (χ3n) is 6.53. The van der Waals surface area contributed by atoms with Crippen molar-refractivity contribution in [1.29, 1.82) is 0 Å². The topological polar surface area (TPSA) is 69.3 Å². The second kappa shape index (κ2) is 10.1. The molecule has 0 spiro atoms. The molecule has 36 heavy (non-hydrogen) atoms. The van der Waals surface area contributed by atoms with Crippen molar-refractivity contribution < 1.29 is 13.9 Å². The average molecular weight is 480 g/mol. The van der Waals surface area contributed by atoms with Gasteiger partial charge in [0.1, 0.15) is 11.3 Å². The minimum atomic E-state index is -0.125. The molecule has 5 rings (SSSR count). The van der Waals surface area contributed by atoms with Crippen molar-refractivity contribution in [2.45, 2.75) is 26.8 Å². The fourth-order valence-electron chi connectivity index (χ4n) is 4.67. The van der Waals surface area contributed by atoms with E-state index < -0.39 is 0 Å². The van der Waals surface area contributed by atoms with Crippen molar-refractivity contribution in [3.63, 3.8) is 0 Å². The predicted molar refractivity (Wildman–Crippen MR) is 144 cm³/mol. The molecule has 0 unspecified atom stereocenters. The summed E-state index contributed by atoms with van der Waals surface area (Å²) in [6, 6.07) is 16.8. The fraction of sp³-hybridized carbons (Fsp3) is 0.200. The lowest BCUT2D eigenvalue weighted by Gasteiger charge is -2.13. The Bertz CT molecular complexity index is 1560. The van der Waals surface area contributed by atoms with Gasteiger partial charge >= 0.3 is 0 Å². The van der Waals surface area contributed by atoms with Gasteiger partial charge in [-0.2, -0.15) is 0 Å². The van der Waals surface area contributed by atoms with Crippen LogP contribution >= 0.6 is 0 Å². The summed E-state index contributed by atoms with van der Waals surface area (Å²) in [5, 5.41) is 6.34. The molecular formula is C30H29N3O3. The number of carbonyl (C=O) groups excluding carboxylic acids is 1. The molecule has 1 amide bonds. The van der Waals surface area contributed by atoms with Crippen molar-refractivity contribution in [2.75, 3.05) is 13.7 Å². The molecule has 0 aliphatic carbocycles. The number of furan rings is 1. The number of rotatable bonds is 8. The molecule has 0 saturated carbocycles. The third kappa shape index (κ3) is 4.62. The van der Waals surface area contributed by atoms with Gasteiger partial charge in [0.05, 0.1) is 19.7 Å². The summed E-state index contributed by atoms with van der Waals surface area (Å²) < 4.78 is 13.8. The Hall–Kier alpha value is -4.32. The lowest BCUT2D eigenvalue weighted by molar-refractivity contribution is -0.116. The molecule has 0 saturated heterocycles. The standard InChI is InChI=1S/C30H29N3O3/c1-20(15-28(34)32-11-6-13-33-14-12-31-19-33)25-17-26-27(18-36-30(26)21(2)29(25)35-3)24-10-9-22-7-4-5-8-23(22)16-24/h4-5,7-10,12,14-19H,6,11,13H2,1-3H3,(H,32,34)/b20-15+. The highest BCUT2D eigenvalue weighted by Gasteiger charge is 2.19. The smallest absolute Gasteiger partial charge is 0.244 e. The van der Waals surface area contributed by atoms with Gasteiger partial charge in [-0.15, -0.1) is 0 Å². The van der Waals surface area contributed by atoms with Gasteiger partial charge in [0.15, 0.2) is 0 Å². The number of methoxy groups -OCH3 is 1. The number of fused-ring (bicyclic) bond motifs is 2. The number of aryl methyl sites for hydroxylation is 2. The Kier molecular flexibility index (Phi) is 6.58. The van der Waals surface area contributed by atoms with Gasteiger partial charge in [0.2, 0.25) is 5.91 Å². The average Bonchev–Trinajstić information content (AvgIpc) is 3.56. The third-order valence-corrected chi connectivity index (χ3v) is 6.53. The second-order valence-electron chi connectivity index (χ2n) is 8.94. The number of allylic oxidation sites excluding steroid dienone is 1. The summed E-state index contributed by atoms with van der Waals surface area (Å²) in [6.45, 7) is 5.32. The van der Waals surface area contributed by atoms with Gasteiger partial charge in [0.25, 0.3) is 0 Å². The molecule has 0 fully saturated rings. The molecule has 5 aromatic rings. The summed E-state index contributed by atoms with van der Waals surface area (Å²) in [5.41, 5.74) is 5.50. The van der Waals surface area contributed by atoms with Crippen LogP contribution in [-0.2, 0) is 11.3 Å². The quantitative estimate of drug-likeness (QED) is 0.207. The number of benzene rings is 3. The zero-order valence-corrected chi connectivity index (χ0v) is 20.7. The van der Waals surface area contributed by atoms with Crippen molar-refractivity contribution in [2.24, 2.45) is 0 Å². The first kappa shape index (κ1) is 23.4. The van der Waals surface area contributed by atoms with Crippen molar-refractivity contribution in [1.82, 2.24) is 14.9 Å². The maximum Gasteiger partial charge on any atom is 0.244 e. The maximum absolute atomic E-state index is 12.6. The molecule has 6 nitrogen and oxygen atoms in total. The number of nitrogens with one attached hydrogen (secondary N) is 1. The molecule has 1 N–H and O–H groups in total. The Morgan fingerprint density at radius 1 is 1.17 bits per heavy atom. The molecule has 0 bridgehead atoms. The van der Waals surface area contributed by atoms with Crippen LogP contribution in [0.2, 0.25) is 0 Å². The van der Waals surface area contributed by atoms with Gasteiger partial charge in [-0.1, -0.05) is 36.4 Å². The summed E-state index contributed by atoms with van der Waals surface area (Å²) >= 11 is 0. The highest BCUT2D eigenvalue weighted by Crippen LogP contribution is 2.41. The zero-order valence-electron chi connectivity index (χ0n) is 20.7. The van der Waals surface area contributed by atoms with E-state index in [4.69, 9.17) is 9.15 Å². The summed E-state index contributed by atoms with van der Waals surface area (Å²) in [5.74, 6) is 0.587. The van der Waals surface area contributed by atoms with E-state index in [9.17, 15) is 4.79 Å². The summed E-state index contributed by atoms with van der Waals surface area (Å²) in [4.78, 5) is 16.7. The Morgan fingerprint density at radius 3 is 2.78 bits per heavy atom. The van der Waals surface area contributed by atoms with E-state index in [1.165, 1.54) is 10.8 Å². The van der Waals surface area contributed by atoms with Crippen LogP contribution in [0.4, 0.5) is 0 Å². The zero-order chi connectivity index (χ0) is 25.1. The van der Waals surface area contributed by atoms with E-state index in [0.29, 0.717) is 12.3 Å². The SMILES string of the molecule is COc1c(/C(C)=C/C(=O)NCCCn2ccnc2)cc2c(-c3ccc4ccccc4c3)coc2c1C. The van der Waals surface area contributed by atoms with Gasteiger partial charge < -0.3 is 19.0 Å². The summed E-state index contributed by atoms with van der Waals surface area (Å²) in [7, 11) is 1.65. The number of carbonyl (C=O) groups is 1. The van der Waals surface area contributed by atoms with Crippen LogP contribution < -0.4 is 10.1 Å². The van der Waals surface area contributed by atoms with Crippen molar-refractivity contribution >= 4 is 33.2 Å². The van der Waals surface area contributed by atoms with Crippen LogP contribution in [0.25, 0.3) is 38.4 Å². The van der Waals surface area contributed by atoms with Crippen molar-refractivity contribution in [3.05, 3.63) is 90.7 Å². The first-order valence-electron chi connectivity index (χ1n) is 12.1. The molecular weight excluding hydrogens is 450 g/mol. The molecule has 0 radical (unpaired) electrons. The van der Waals surface area contributed by atoms with E-state index in [1.54, 1.807) is 32.0 Å². The first-order valence-corrected chi connectivity index (χ1v) is 12.1. The van der Waals surface area contributed by atoms with Crippen molar-refractivity contribution in [3.8, 4) is 16.9 Å². The number of amides is 1. The molecule has 0 aliphatic heterocycles. The van der Waals surface area contributed by atoms with E-state index in [-0.39, 0.29) is 5.91 Å². The number of aromatic nitrogens is 2.